The summed E-state index contributed by atoms with van der Waals surface area (Å²) in [6, 6.07) is 5.34. The van der Waals surface area contributed by atoms with Crippen molar-refractivity contribution in [3.63, 3.8) is 0 Å². The SMILES string of the molecule is CC12CCC(C(=O)Nc3ccc4c(c3)OCO4)(C(Br)C1=O)C2(C)C. The molecule has 1 aromatic rings. The van der Waals surface area contributed by atoms with Gasteiger partial charge in [0.25, 0.3) is 0 Å². The third-order valence-electron chi connectivity index (χ3n) is 6.76. The maximum absolute atomic E-state index is 13.2. The lowest BCUT2D eigenvalue weighted by atomic mass is 9.64. The van der Waals surface area contributed by atoms with Gasteiger partial charge in [-0.1, -0.05) is 36.7 Å². The minimum atomic E-state index is -0.741. The van der Waals surface area contributed by atoms with Crippen molar-refractivity contribution in [3.05, 3.63) is 18.2 Å². The molecule has 1 aliphatic heterocycles. The van der Waals surface area contributed by atoms with E-state index in [1.54, 1.807) is 18.2 Å². The highest BCUT2D eigenvalue weighted by molar-refractivity contribution is 9.10. The number of carbonyl (C=O) groups excluding carboxylic acids is 2. The van der Waals surface area contributed by atoms with Crippen molar-refractivity contribution in [2.75, 3.05) is 12.1 Å². The number of amides is 1. The summed E-state index contributed by atoms with van der Waals surface area (Å²) in [5.74, 6) is 1.33. The molecule has 1 N–H and O–H groups in total. The molecule has 2 aliphatic carbocycles. The van der Waals surface area contributed by atoms with Crippen molar-refractivity contribution in [3.8, 4) is 11.5 Å². The van der Waals surface area contributed by atoms with E-state index < -0.39 is 21.1 Å². The normalized spacial score (nSPS) is 35.3. The van der Waals surface area contributed by atoms with Crippen LogP contribution in [0.5, 0.6) is 11.5 Å². The van der Waals surface area contributed by atoms with Crippen molar-refractivity contribution in [1.29, 1.82) is 0 Å². The molecule has 0 aromatic heterocycles. The topological polar surface area (TPSA) is 64.6 Å². The molecule has 3 unspecified atom stereocenters. The van der Waals surface area contributed by atoms with E-state index in [-0.39, 0.29) is 18.5 Å². The Morgan fingerprint density at radius 2 is 1.92 bits per heavy atom. The highest BCUT2D eigenvalue weighted by Gasteiger charge is 2.76. The molecule has 0 saturated heterocycles. The summed E-state index contributed by atoms with van der Waals surface area (Å²) >= 11 is 3.54. The molecule has 2 saturated carbocycles. The zero-order chi connectivity index (χ0) is 17.3. The van der Waals surface area contributed by atoms with Gasteiger partial charge in [-0.05, 0) is 30.4 Å². The van der Waals surface area contributed by atoms with E-state index in [2.05, 4.69) is 21.2 Å². The fourth-order valence-corrected chi connectivity index (χ4v) is 6.19. The molecule has 3 atom stereocenters. The van der Waals surface area contributed by atoms with Gasteiger partial charge < -0.3 is 14.8 Å². The molecule has 4 rings (SSSR count). The van der Waals surface area contributed by atoms with Crippen LogP contribution in [0.25, 0.3) is 0 Å². The largest absolute Gasteiger partial charge is 0.454 e. The second-order valence-corrected chi connectivity index (χ2v) is 8.59. The van der Waals surface area contributed by atoms with Crippen LogP contribution in [0.15, 0.2) is 18.2 Å². The van der Waals surface area contributed by atoms with Gasteiger partial charge in [0, 0.05) is 17.2 Å². The standard InChI is InChI=1S/C18H20BrNO4/c1-16(2)17(3)6-7-18(16,13(19)14(17)21)15(22)20-10-4-5-11-12(8-10)24-9-23-11/h4-5,8,13H,6-7,9H2,1-3H3,(H,20,22). The number of nitrogens with one attached hydrogen (secondary N) is 1. The van der Waals surface area contributed by atoms with Gasteiger partial charge in [0.1, 0.15) is 0 Å². The zero-order valence-corrected chi connectivity index (χ0v) is 15.5. The third kappa shape index (κ3) is 1.65. The molecule has 6 heteroatoms. The van der Waals surface area contributed by atoms with Crippen molar-refractivity contribution in [2.45, 2.75) is 38.4 Å². The average Bonchev–Trinajstić information content (AvgIpc) is 3.10. The van der Waals surface area contributed by atoms with Crippen molar-refractivity contribution in [2.24, 2.45) is 16.2 Å². The molecule has 128 valence electrons. The lowest BCUT2D eigenvalue weighted by Crippen LogP contribution is -2.47. The third-order valence-corrected chi connectivity index (χ3v) is 7.95. The van der Waals surface area contributed by atoms with Crippen LogP contribution in [0.2, 0.25) is 0 Å². The Morgan fingerprint density at radius 3 is 2.58 bits per heavy atom. The van der Waals surface area contributed by atoms with E-state index in [9.17, 15) is 9.59 Å². The predicted octanol–water partition coefficient (Wildman–Crippen LogP) is 3.51. The smallest absolute Gasteiger partial charge is 0.232 e. The molecule has 1 amide bonds. The number of carbonyl (C=O) groups is 2. The highest BCUT2D eigenvalue weighted by atomic mass is 79.9. The number of Topliss-reactive ketones (excluding diaryl/α,β-unsaturated/α-hetero) is 1. The quantitative estimate of drug-likeness (QED) is 0.780. The van der Waals surface area contributed by atoms with Gasteiger partial charge in [0.2, 0.25) is 12.7 Å². The van der Waals surface area contributed by atoms with E-state index in [0.717, 1.165) is 6.42 Å². The first kappa shape index (κ1) is 15.9. The number of fused-ring (bicyclic) bond motifs is 3. The first-order valence-corrected chi connectivity index (χ1v) is 9.05. The molecular weight excluding hydrogens is 374 g/mol. The van der Waals surface area contributed by atoms with E-state index in [0.29, 0.717) is 23.6 Å². The van der Waals surface area contributed by atoms with Crippen LogP contribution >= 0.6 is 15.9 Å². The first-order chi connectivity index (χ1) is 11.2. The van der Waals surface area contributed by atoms with Crippen LogP contribution in [0.4, 0.5) is 5.69 Å². The molecule has 3 aliphatic rings. The molecule has 5 nitrogen and oxygen atoms in total. The number of anilines is 1. The molecule has 1 heterocycles. The lowest BCUT2D eigenvalue weighted by Gasteiger charge is -2.39. The number of hydrogen-bond donors (Lipinski definition) is 1. The van der Waals surface area contributed by atoms with Crippen molar-refractivity contribution in [1.82, 2.24) is 0 Å². The Balaban J connectivity index is 1.68. The van der Waals surface area contributed by atoms with E-state index in [1.165, 1.54) is 0 Å². The zero-order valence-electron chi connectivity index (χ0n) is 13.9. The summed E-state index contributed by atoms with van der Waals surface area (Å²) in [5, 5.41) is 3.00. The summed E-state index contributed by atoms with van der Waals surface area (Å²) < 4.78 is 10.7. The Labute approximate surface area is 149 Å². The molecule has 0 spiro atoms. The average molecular weight is 394 g/mol. The van der Waals surface area contributed by atoms with E-state index in [4.69, 9.17) is 9.47 Å². The van der Waals surface area contributed by atoms with E-state index in [1.807, 2.05) is 20.8 Å². The molecular formula is C18H20BrNO4. The summed E-state index contributed by atoms with van der Waals surface area (Å²) in [6.07, 6.45) is 1.45. The summed E-state index contributed by atoms with van der Waals surface area (Å²) in [4.78, 5) is 25.5. The fraction of sp³-hybridized carbons (Fsp3) is 0.556. The summed E-state index contributed by atoms with van der Waals surface area (Å²) in [6.45, 7) is 6.27. The van der Waals surface area contributed by atoms with Crippen molar-refractivity contribution >= 4 is 33.3 Å². The van der Waals surface area contributed by atoms with Crippen molar-refractivity contribution < 1.29 is 19.1 Å². The second-order valence-electron chi connectivity index (χ2n) is 7.68. The second kappa shape index (κ2) is 4.75. The minimum absolute atomic E-state index is 0.109. The number of hydrogen-bond acceptors (Lipinski definition) is 4. The molecule has 2 fully saturated rings. The molecule has 0 radical (unpaired) electrons. The predicted molar refractivity (Wildman–Crippen MR) is 92.5 cm³/mol. The molecule has 24 heavy (non-hydrogen) atoms. The lowest BCUT2D eigenvalue weighted by molar-refractivity contribution is -0.130. The monoisotopic (exact) mass is 393 g/mol. The maximum Gasteiger partial charge on any atom is 0.232 e. The maximum atomic E-state index is 13.2. The van der Waals surface area contributed by atoms with Gasteiger partial charge in [-0.3, -0.25) is 9.59 Å². The van der Waals surface area contributed by atoms with Crippen LogP contribution in [-0.4, -0.2) is 23.3 Å². The first-order valence-electron chi connectivity index (χ1n) is 8.13. The van der Waals surface area contributed by atoms with Gasteiger partial charge >= 0.3 is 0 Å². The Hall–Kier alpha value is -1.56. The summed E-state index contributed by atoms with van der Waals surface area (Å²) in [7, 11) is 0. The van der Waals surface area contributed by atoms with Crippen LogP contribution in [0, 0.1) is 16.2 Å². The number of ketones is 1. The van der Waals surface area contributed by atoms with Gasteiger partial charge in [-0.2, -0.15) is 0 Å². The number of ether oxygens (including phenoxy) is 2. The molecule has 1 aromatic carbocycles. The van der Waals surface area contributed by atoms with Crippen LogP contribution in [-0.2, 0) is 9.59 Å². The number of rotatable bonds is 2. The molecule has 2 bridgehead atoms. The number of halogens is 1. The number of benzene rings is 1. The Kier molecular flexibility index (Phi) is 3.15. The van der Waals surface area contributed by atoms with Gasteiger partial charge in [-0.25, -0.2) is 0 Å². The van der Waals surface area contributed by atoms with E-state index >= 15 is 0 Å². The van der Waals surface area contributed by atoms with Gasteiger partial charge in [0.15, 0.2) is 17.3 Å². The highest BCUT2D eigenvalue weighted by Crippen LogP contribution is 2.72. The minimum Gasteiger partial charge on any atom is -0.454 e. The van der Waals surface area contributed by atoms with Crippen LogP contribution < -0.4 is 14.8 Å². The summed E-state index contributed by atoms with van der Waals surface area (Å²) in [5.41, 5.74) is -0.962. The van der Waals surface area contributed by atoms with Crippen LogP contribution in [0.3, 0.4) is 0 Å². The van der Waals surface area contributed by atoms with Gasteiger partial charge in [0.05, 0.1) is 10.2 Å². The number of alkyl halides is 1. The Bertz CT molecular complexity index is 761. The fourth-order valence-electron chi connectivity index (χ4n) is 4.67. The van der Waals surface area contributed by atoms with Gasteiger partial charge in [-0.15, -0.1) is 0 Å². The Morgan fingerprint density at radius 1 is 1.21 bits per heavy atom. The van der Waals surface area contributed by atoms with Crippen LogP contribution in [0.1, 0.15) is 33.6 Å².